The minimum absolute atomic E-state index is 0.109. The Morgan fingerprint density at radius 2 is 1.36 bits per heavy atom. The van der Waals surface area contributed by atoms with Gasteiger partial charge in [-0.15, -0.1) is 0 Å². The first kappa shape index (κ1) is 32.9. The molecule has 0 spiro atoms. The van der Waals surface area contributed by atoms with Crippen LogP contribution in [-0.4, -0.2) is 74.8 Å². The molecule has 0 unspecified atom stereocenters. The van der Waals surface area contributed by atoms with Gasteiger partial charge < -0.3 is 34.5 Å². The molecular weight excluding hydrogens is 638 g/mol. The van der Waals surface area contributed by atoms with Crippen molar-refractivity contribution in [1.82, 2.24) is 19.5 Å². The maximum atomic E-state index is 12.9. The molecule has 4 aromatic carbocycles. The van der Waals surface area contributed by atoms with Crippen molar-refractivity contribution in [1.29, 1.82) is 0 Å². The Bertz CT molecular complexity index is 2010. The number of imidazole rings is 1. The number of amides is 1. The minimum atomic E-state index is -1.36. The van der Waals surface area contributed by atoms with Crippen LogP contribution in [0.15, 0.2) is 122 Å². The van der Waals surface area contributed by atoms with E-state index in [1.807, 2.05) is 84.9 Å². The smallest absolute Gasteiger partial charge is 0.256 e. The molecule has 7 rings (SSSR count). The summed E-state index contributed by atoms with van der Waals surface area (Å²) in [5, 5.41) is 25.4. The van der Waals surface area contributed by atoms with Gasteiger partial charge in [0.2, 0.25) is 0 Å². The lowest BCUT2D eigenvalue weighted by molar-refractivity contribution is -0.0942. The highest BCUT2D eigenvalue weighted by atomic mass is 16.6. The van der Waals surface area contributed by atoms with E-state index in [2.05, 4.69) is 20.3 Å². The van der Waals surface area contributed by atoms with Crippen LogP contribution in [-0.2, 0) is 15.1 Å². The van der Waals surface area contributed by atoms with Crippen LogP contribution in [0.25, 0.3) is 11.2 Å². The number of carbonyl (C=O) groups excluding carboxylic acids is 1. The fraction of sp³-hybridized carbons (Fsp3) is 0.211. The van der Waals surface area contributed by atoms with Gasteiger partial charge in [-0.25, -0.2) is 15.0 Å². The third-order valence-corrected chi connectivity index (χ3v) is 8.88. The lowest BCUT2D eigenvalue weighted by Crippen LogP contribution is -2.39. The zero-order chi connectivity index (χ0) is 34.7. The van der Waals surface area contributed by atoms with Gasteiger partial charge in [-0.05, 0) is 53.1 Å². The summed E-state index contributed by atoms with van der Waals surface area (Å²) >= 11 is 0. The third-order valence-electron chi connectivity index (χ3n) is 8.88. The lowest BCUT2D eigenvalue weighted by atomic mass is 9.80. The quantitative estimate of drug-likeness (QED) is 0.165. The zero-order valence-corrected chi connectivity index (χ0v) is 27.3. The summed E-state index contributed by atoms with van der Waals surface area (Å²) in [6, 6.07) is 33.7. The maximum Gasteiger partial charge on any atom is 0.256 e. The number of ether oxygens (including phenoxy) is 4. The number of aromatic nitrogens is 4. The van der Waals surface area contributed by atoms with Crippen LogP contribution < -0.4 is 14.8 Å². The number of carbonyl (C=O) groups is 1. The number of anilines is 1. The summed E-state index contributed by atoms with van der Waals surface area (Å²) in [5.74, 6) is 1.21. The molecule has 1 fully saturated rings. The van der Waals surface area contributed by atoms with E-state index in [4.69, 9.17) is 18.9 Å². The van der Waals surface area contributed by atoms with Crippen LogP contribution in [0.4, 0.5) is 5.82 Å². The second kappa shape index (κ2) is 14.1. The van der Waals surface area contributed by atoms with Crippen molar-refractivity contribution in [2.24, 2.45) is 0 Å². The molecule has 0 saturated carbocycles. The van der Waals surface area contributed by atoms with Crippen LogP contribution in [0.2, 0.25) is 0 Å². The number of aliphatic hydroxyl groups excluding tert-OH is 2. The van der Waals surface area contributed by atoms with Gasteiger partial charge in [-0.2, -0.15) is 0 Å². The summed E-state index contributed by atoms with van der Waals surface area (Å²) in [7, 11) is 3.22. The minimum Gasteiger partial charge on any atom is -0.497 e. The van der Waals surface area contributed by atoms with Crippen molar-refractivity contribution in [2.45, 2.75) is 30.1 Å². The highest BCUT2D eigenvalue weighted by Crippen LogP contribution is 2.43. The average molecular weight is 674 g/mol. The lowest BCUT2D eigenvalue weighted by Gasteiger charge is -2.37. The van der Waals surface area contributed by atoms with Gasteiger partial charge in [-0.1, -0.05) is 72.8 Å². The van der Waals surface area contributed by atoms with Crippen molar-refractivity contribution in [2.75, 3.05) is 26.1 Å². The Labute approximate surface area is 287 Å². The molecule has 0 bridgehead atoms. The summed E-state index contributed by atoms with van der Waals surface area (Å²) < 4.78 is 25.6. The standard InChI is InChI=1S/C38H35N5O7/c1-47-28-17-13-26(14-18-28)38(25-11-7-4-8-12-25,27-15-19-29(48-2)20-16-27)49-21-30-32(44)33(45)37(50-30)43-23-41-31-34(39-22-40-35(31)43)42-36(46)24-9-5-3-6-10-24/h3-20,22-23,30,32-33,37,44-45H,21H2,1-2H3,(H,39,40,42,46)/t30-,32-,33-,37-/m1/s1. The van der Waals surface area contributed by atoms with Gasteiger partial charge >= 0.3 is 0 Å². The Morgan fingerprint density at radius 3 is 1.96 bits per heavy atom. The van der Waals surface area contributed by atoms with Crippen LogP contribution in [0, 0.1) is 0 Å². The molecule has 6 aromatic rings. The van der Waals surface area contributed by atoms with E-state index in [-0.39, 0.29) is 18.3 Å². The maximum absolute atomic E-state index is 12.9. The van der Waals surface area contributed by atoms with Gasteiger partial charge in [0.25, 0.3) is 5.91 Å². The van der Waals surface area contributed by atoms with Crippen molar-refractivity contribution in [3.8, 4) is 11.5 Å². The largest absolute Gasteiger partial charge is 0.497 e. The van der Waals surface area contributed by atoms with Gasteiger partial charge in [0.05, 0.1) is 27.2 Å². The number of hydrogen-bond acceptors (Lipinski definition) is 10. The Morgan fingerprint density at radius 1 is 0.780 bits per heavy atom. The first-order chi connectivity index (χ1) is 24.4. The van der Waals surface area contributed by atoms with Crippen molar-refractivity contribution < 1.29 is 34.0 Å². The first-order valence-electron chi connectivity index (χ1n) is 16.0. The molecule has 254 valence electrons. The molecule has 1 aliphatic rings. The van der Waals surface area contributed by atoms with E-state index in [0.29, 0.717) is 28.2 Å². The zero-order valence-electron chi connectivity index (χ0n) is 27.3. The molecule has 0 radical (unpaired) electrons. The van der Waals surface area contributed by atoms with Crippen LogP contribution in [0.1, 0.15) is 33.3 Å². The Balaban J connectivity index is 1.20. The van der Waals surface area contributed by atoms with Crippen molar-refractivity contribution >= 4 is 22.9 Å². The van der Waals surface area contributed by atoms with Crippen molar-refractivity contribution in [3.05, 3.63) is 144 Å². The van der Waals surface area contributed by atoms with E-state index in [9.17, 15) is 15.0 Å². The molecule has 1 aliphatic heterocycles. The van der Waals surface area contributed by atoms with Gasteiger partial charge in [0, 0.05) is 5.56 Å². The summed E-state index contributed by atoms with van der Waals surface area (Å²) in [6.07, 6.45) is -1.97. The average Bonchev–Trinajstić information content (AvgIpc) is 3.73. The van der Waals surface area contributed by atoms with E-state index >= 15 is 0 Å². The number of fused-ring (bicyclic) bond motifs is 1. The molecule has 3 N–H and O–H groups in total. The molecule has 12 heteroatoms. The predicted octanol–water partition coefficient (Wildman–Crippen LogP) is 4.72. The monoisotopic (exact) mass is 673 g/mol. The molecular formula is C38H35N5O7. The van der Waals surface area contributed by atoms with Gasteiger partial charge in [0.1, 0.15) is 41.7 Å². The SMILES string of the molecule is COc1ccc(C(OC[C@H]2O[C@@H](n3cnc4c(NC(=O)c5ccccc5)ncnc43)[C@H](O)[C@@H]2O)(c2ccccc2)c2ccc(OC)cc2)cc1. The number of aliphatic hydroxyl groups is 2. The predicted molar refractivity (Wildman–Crippen MR) is 184 cm³/mol. The number of rotatable bonds is 11. The first-order valence-corrected chi connectivity index (χ1v) is 16.0. The highest BCUT2D eigenvalue weighted by molar-refractivity contribution is 6.06. The number of benzene rings is 4. The number of hydrogen-bond donors (Lipinski definition) is 3. The molecule has 3 heterocycles. The summed E-state index contributed by atoms with van der Waals surface area (Å²) in [5.41, 5.74) is 2.34. The van der Waals surface area contributed by atoms with Gasteiger partial charge in [0.15, 0.2) is 23.2 Å². The molecule has 50 heavy (non-hydrogen) atoms. The summed E-state index contributed by atoms with van der Waals surface area (Å²) in [6.45, 7) is -0.109. The Kier molecular flexibility index (Phi) is 9.24. The number of nitrogens with zero attached hydrogens (tertiary/aromatic N) is 4. The van der Waals surface area contributed by atoms with Crippen LogP contribution in [0.5, 0.6) is 11.5 Å². The number of methoxy groups -OCH3 is 2. The molecule has 4 atom stereocenters. The van der Waals surface area contributed by atoms with Gasteiger partial charge in [-0.3, -0.25) is 9.36 Å². The topological polar surface area (TPSA) is 150 Å². The summed E-state index contributed by atoms with van der Waals surface area (Å²) in [4.78, 5) is 25.9. The van der Waals surface area contributed by atoms with Crippen LogP contribution >= 0.6 is 0 Å². The van der Waals surface area contributed by atoms with Crippen LogP contribution in [0.3, 0.4) is 0 Å². The second-order valence-corrected chi connectivity index (χ2v) is 11.7. The van der Waals surface area contributed by atoms with E-state index in [0.717, 1.165) is 16.7 Å². The molecule has 1 saturated heterocycles. The molecule has 0 aliphatic carbocycles. The highest BCUT2D eigenvalue weighted by Gasteiger charge is 2.47. The third kappa shape index (κ3) is 6.05. The second-order valence-electron chi connectivity index (χ2n) is 11.7. The normalized spacial score (nSPS) is 19.0. The fourth-order valence-corrected chi connectivity index (χ4v) is 6.28. The Hall–Kier alpha value is -5.66. The fourth-order valence-electron chi connectivity index (χ4n) is 6.28. The molecule has 1 amide bonds. The molecule has 2 aromatic heterocycles. The van der Waals surface area contributed by atoms with Crippen molar-refractivity contribution in [3.63, 3.8) is 0 Å². The van der Waals surface area contributed by atoms with E-state index in [1.165, 1.54) is 17.2 Å². The number of nitrogens with one attached hydrogen (secondary N) is 1. The van der Waals surface area contributed by atoms with E-state index < -0.39 is 30.1 Å². The van der Waals surface area contributed by atoms with E-state index in [1.54, 1.807) is 38.5 Å². The molecule has 12 nitrogen and oxygen atoms in total.